The third-order valence-corrected chi connectivity index (χ3v) is 1.56. The van der Waals surface area contributed by atoms with Gasteiger partial charge in [-0.3, -0.25) is 15.7 Å². The zero-order valence-corrected chi connectivity index (χ0v) is 5.68. The maximum absolute atomic E-state index is 9.04. The van der Waals surface area contributed by atoms with E-state index in [0.29, 0.717) is 0 Å². The highest BCUT2D eigenvalue weighted by atomic mass is 16.5. The second-order valence-corrected chi connectivity index (χ2v) is 2.34. The molecule has 11 heavy (non-hydrogen) atoms. The van der Waals surface area contributed by atoms with Crippen molar-refractivity contribution in [2.45, 2.75) is 18.3 Å². The van der Waals surface area contributed by atoms with E-state index < -0.39 is 18.3 Å². The topological polar surface area (TPSA) is 105 Å². The van der Waals surface area contributed by atoms with E-state index in [4.69, 9.17) is 20.5 Å². The molecule has 6 nitrogen and oxygen atoms in total. The highest BCUT2D eigenvalue weighted by molar-refractivity contribution is 5.86. The van der Waals surface area contributed by atoms with Gasteiger partial charge in [0.1, 0.15) is 18.3 Å². The molecular formula is C5H10N2O4. The summed E-state index contributed by atoms with van der Waals surface area (Å²) in [4.78, 5) is 3.56. The molecule has 0 amide bonds. The van der Waals surface area contributed by atoms with E-state index in [-0.39, 0.29) is 12.4 Å². The number of nitrogens with zero attached hydrogens (tertiary/aromatic N) is 1. The maximum atomic E-state index is 9.04. The number of hydroxylamine groups is 1. The van der Waals surface area contributed by atoms with Gasteiger partial charge in [0.05, 0.1) is 6.54 Å². The van der Waals surface area contributed by atoms with E-state index in [1.54, 1.807) is 5.48 Å². The Kier molecular flexibility index (Phi) is 2.40. The van der Waals surface area contributed by atoms with Crippen molar-refractivity contribution in [2.75, 3.05) is 6.54 Å². The summed E-state index contributed by atoms with van der Waals surface area (Å²) < 4.78 is 0. The summed E-state index contributed by atoms with van der Waals surface area (Å²) in [7, 11) is 0. The van der Waals surface area contributed by atoms with Crippen LogP contribution in [0.15, 0.2) is 4.99 Å². The molecule has 0 saturated carbocycles. The summed E-state index contributed by atoms with van der Waals surface area (Å²) >= 11 is 0. The molecule has 0 aromatic carbocycles. The van der Waals surface area contributed by atoms with Gasteiger partial charge < -0.3 is 15.3 Å². The number of rotatable bonds is 0. The first-order chi connectivity index (χ1) is 5.16. The van der Waals surface area contributed by atoms with Crippen LogP contribution in [0.3, 0.4) is 0 Å². The number of aliphatic imine (C=N–C) groups is 1. The molecular weight excluding hydrogens is 152 g/mol. The number of amidine groups is 1. The van der Waals surface area contributed by atoms with Crippen LogP contribution >= 0.6 is 0 Å². The monoisotopic (exact) mass is 162 g/mol. The maximum Gasteiger partial charge on any atom is 0.152 e. The molecule has 0 aromatic rings. The number of hydrogen-bond donors (Lipinski definition) is 5. The van der Waals surface area contributed by atoms with Crippen LogP contribution in [0.25, 0.3) is 0 Å². The van der Waals surface area contributed by atoms with E-state index in [0.717, 1.165) is 0 Å². The van der Waals surface area contributed by atoms with Crippen molar-refractivity contribution in [2.24, 2.45) is 4.99 Å². The fourth-order valence-corrected chi connectivity index (χ4v) is 0.867. The molecule has 1 aliphatic rings. The Morgan fingerprint density at radius 1 is 1.36 bits per heavy atom. The fraction of sp³-hybridized carbons (Fsp3) is 0.800. The van der Waals surface area contributed by atoms with Crippen LogP contribution in [-0.2, 0) is 0 Å². The van der Waals surface area contributed by atoms with Crippen molar-refractivity contribution in [3.8, 4) is 0 Å². The average Bonchev–Trinajstić information content (AvgIpc) is 2.01. The predicted molar refractivity (Wildman–Crippen MR) is 35.2 cm³/mol. The van der Waals surface area contributed by atoms with Crippen LogP contribution in [0.4, 0.5) is 0 Å². The number of hydrogen-bond acceptors (Lipinski definition) is 6. The number of aliphatic hydroxyl groups excluding tert-OH is 3. The van der Waals surface area contributed by atoms with Gasteiger partial charge in [-0.2, -0.15) is 0 Å². The van der Waals surface area contributed by atoms with Crippen LogP contribution in [0.5, 0.6) is 0 Å². The minimum Gasteiger partial charge on any atom is -0.388 e. The predicted octanol–water partition coefficient (Wildman–Crippen LogP) is -2.54. The van der Waals surface area contributed by atoms with Gasteiger partial charge in [-0.05, 0) is 0 Å². The third-order valence-electron chi connectivity index (χ3n) is 1.56. The van der Waals surface area contributed by atoms with Gasteiger partial charge in [-0.15, -0.1) is 0 Å². The van der Waals surface area contributed by atoms with Crippen molar-refractivity contribution in [3.05, 3.63) is 0 Å². The van der Waals surface area contributed by atoms with Crippen molar-refractivity contribution in [1.82, 2.24) is 5.48 Å². The van der Waals surface area contributed by atoms with Crippen molar-refractivity contribution in [1.29, 1.82) is 0 Å². The SMILES string of the molecule is ONC1=NC[C@@H](O)[C@H](O)[C@H]1O. The molecule has 3 atom stereocenters. The lowest BCUT2D eigenvalue weighted by molar-refractivity contribution is -0.0399. The fourth-order valence-electron chi connectivity index (χ4n) is 0.867. The quantitative estimate of drug-likeness (QED) is 0.252. The first-order valence-corrected chi connectivity index (χ1v) is 3.15. The first-order valence-electron chi connectivity index (χ1n) is 3.15. The largest absolute Gasteiger partial charge is 0.388 e. The van der Waals surface area contributed by atoms with Crippen LogP contribution in [0.1, 0.15) is 0 Å². The Morgan fingerprint density at radius 2 is 2.00 bits per heavy atom. The van der Waals surface area contributed by atoms with Gasteiger partial charge in [-0.1, -0.05) is 0 Å². The lowest BCUT2D eigenvalue weighted by Crippen LogP contribution is -2.51. The van der Waals surface area contributed by atoms with E-state index in [9.17, 15) is 0 Å². The summed E-state index contributed by atoms with van der Waals surface area (Å²) in [5, 5.41) is 35.3. The smallest absolute Gasteiger partial charge is 0.152 e. The highest BCUT2D eigenvalue weighted by Gasteiger charge is 2.32. The van der Waals surface area contributed by atoms with Crippen LogP contribution in [-0.4, -0.2) is 51.2 Å². The van der Waals surface area contributed by atoms with Gasteiger partial charge in [0.25, 0.3) is 0 Å². The molecule has 1 rings (SSSR count). The molecule has 5 N–H and O–H groups in total. The second-order valence-electron chi connectivity index (χ2n) is 2.34. The van der Waals surface area contributed by atoms with Gasteiger partial charge >= 0.3 is 0 Å². The van der Waals surface area contributed by atoms with Gasteiger partial charge in [-0.25, -0.2) is 0 Å². The Balaban J connectivity index is 2.70. The molecule has 0 bridgehead atoms. The minimum atomic E-state index is -1.34. The molecule has 0 aromatic heterocycles. The highest BCUT2D eigenvalue weighted by Crippen LogP contribution is 2.07. The molecule has 0 saturated heterocycles. The van der Waals surface area contributed by atoms with Crippen LogP contribution in [0.2, 0.25) is 0 Å². The second kappa shape index (κ2) is 3.14. The van der Waals surface area contributed by atoms with Crippen molar-refractivity contribution in [3.63, 3.8) is 0 Å². The number of aliphatic hydroxyl groups is 3. The molecule has 0 radical (unpaired) electrons. The van der Waals surface area contributed by atoms with Crippen molar-refractivity contribution >= 4 is 5.84 Å². The molecule has 0 fully saturated rings. The molecule has 1 heterocycles. The number of nitrogens with one attached hydrogen (secondary N) is 1. The molecule has 6 heteroatoms. The lowest BCUT2D eigenvalue weighted by atomic mass is 10.0. The Morgan fingerprint density at radius 3 is 2.55 bits per heavy atom. The Hall–Kier alpha value is -0.690. The summed E-state index contributed by atoms with van der Waals surface area (Å²) in [6.07, 6.45) is -3.70. The Bertz CT molecular complexity index is 172. The first kappa shape index (κ1) is 8.41. The van der Waals surface area contributed by atoms with Gasteiger partial charge in [0, 0.05) is 0 Å². The van der Waals surface area contributed by atoms with Gasteiger partial charge in [0.15, 0.2) is 5.84 Å². The van der Waals surface area contributed by atoms with Crippen LogP contribution < -0.4 is 5.48 Å². The van der Waals surface area contributed by atoms with E-state index in [1.165, 1.54) is 0 Å². The summed E-state index contributed by atoms with van der Waals surface area (Å²) in [5.41, 5.74) is 1.63. The van der Waals surface area contributed by atoms with Crippen LogP contribution in [0, 0.1) is 0 Å². The molecule has 0 unspecified atom stereocenters. The average molecular weight is 162 g/mol. The standard InChI is InChI=1S/C5H10N2O4/c8-2-1-6-5(7-11)4(10)3(2)9/h2-4,8-11H,1H2,(H,6,7)/t2-,3+,4-/m1/s1. The van der Waals surface area contributed by atoms with E-state index >= 15 is 0 Å². The zero-order chi connectivity index (χ0) is 8.43. The van der Waals surface area contributed by atoms with E-state index in [1.807, 2.05) is 0 Å². The molecule has 1 aliphatic heterocycles. The Labute approximate surface area is 62.8 Å². The van der Waals surface area contributed by atoms with Gasteiger partial charge in [0.2, 0.25) is 0 Å². The van der Waals surface area contributed by atoms with E-state index in [2.05, 4.69) is 4.99 Å². The molecule has 0 spiro atoms. The normalized spacial score (nSPS) is 38.2. The summed E-state index contributed by atoms with van der Waals surface area (Å²) in [6, 6.07) is 0. The molecule has 64 valence electrons. The minimum absolute atomic E-state index is 0.0267. The zero-order valence-electron chi connectivity index (χ0n) is 5.68. The lowest BCUT2D eigenvalue weighted by Gasteiger charge is -2.26. The molecule has 0 aliphatic carbocycles. The summed E-state index contributed by atoms with van der Waals surface area (Å²) in [5.74, 6) is -0.122. The van der Waals surface area contributed by atoms with Crippen molar-refractivity contribution < 1.29 is 20.5 Å². The summed E-state index contributed by atoms with van der Waals surface area (Å²) in [6.45, 7) is -0.0267. The third kappa shape index (κ3) is 1.48.